The Hall–Kier alpha value is -1.10. The Morgan fingerprint density at radius 1 is 1.36 bits per heavy atom. The molecule has 0 aromatic rings. The molecule has 0 amide bonds. The predicted molar refractivity (Wildman–Crippen MR) is 49.1 cm³/mol. The normalized spacial score (nSPS) is 17.1. The van der Waals surface area contributed by atoms with Crippen molar-refractivity contribution in [1.29, 1.82) is 0 Å². The molecular formula is C9H16O5. The van der Waals surface area contributed by atoms with Gasteiger partial charge in [0.1, 0.15) is 0 Å². The van der Waals surface area contributed by atoms with Crippen LogP contribution >= 0.6 is 0 Å². The molecule has 5 nitrogen and oxygen atoms in total. The molecule has 0 radical (unpaired) electrons. The first-order valence-electron chi connectivity index (χ1n) is 4.47. The molecule has 0 fully saturated rings. The van der Waals surface area contributed by atoms with Crippen molar-refractivity contribution in [3.8, 4) is 0 Å². The molecule has 0 aliphatic heterocycles. The van der Waals surface area contributed by atoms with E-state index in [0.717, 1.165) is 0 Å². The van der Waals surface area contributed by atoms with E-state index in [4.69, 9.17) is 14.9 Å². The van der Waals surface area contributed by atoms with E-state index in [1.54, 1.807) is 13.8 Å². The highest BCUT2D eigenvalue weighted by Crippen LogP contribution is 2.28. The van der Waals surface area contributed by atoms with Crippen LogP contribution in [0.25, 0.3) is 0 Å². The number of hydrogen-bond donors (Lipinski definition) is 2. The van der Waals surface area contributed by atoms with Crippen LogP contribution in [0.4, 0.5) is 0 Å². The third kappa shape index (κ3) is 2.04. The first-order valence-corrected chi connectivity index (χ1v) is 4.47. The fourth-order valence-electron chi connectivity index (χ4n) is 1.62. The first kappa shape index (κ1) is 12.9. The third-order valence-electron chi connectivity index (χ3n) is 2.52. The molecular weight excluding hydrogens is 188 g/mol. The van der Waals surface area contributed by atoms with E-state index in [-0.39, 0.29) is 12.8 Å². The summed E-state index contributed by atoms with van der Waals surface area (Å²) >= 11 is 0. The first-order chi connectivity index (χ1) is 6.46. The summed E-state index contributed by atoms with van der Waals surface area (Å²) in [5, 5.41) is 17.9. The summed E-state index contributed by atoms with van der Waals surface area (Å²) in [5.74, 6) is -3.38. The lowest BCUT2D eigenvalue weighted by Gasteiger charge is -2.31. The van der Waals surface area contributed by atoms with Crippen LogP contribution in [-0.2, 0) is 14.3 Å². The standard InChI is InChI=1S/C9H16O5/c1-4-6(7(10)11)9(5-2,14-3)8(12)13/h6H,4-5H2,1-3H3,(H,10,11)(H,12,13). The van der Waals surface area contributed by atoms with E-state index in [1.807, 2.05) is 0 Å². The molecule has 0 aliphatic carbocycles. The van der Waals surface area contributed by atoms with Gasteiger partial charge in [-0.15, -0.1) is 0 Å². The molecule has 0 bridgehead atoms. The maximum Gasteiger partial charge on any atom is 0.336 e. The zero-order chi connectivity index (χ0) is 11.4. The summed E-state index contributed by atoms with van der Waals surface area (Å²) in [5.41, 5.74) is -1.61. The van der Waals surface area contributed by atoms with Gasteiger partial charge in [0.2, 0.25) is 0 Å². The molecule has 0 aliphatic rings. The molecule has 0 saturated carbocycles. The van der Waals surface area contributed by atoms with Crippen molar-refractivity contribution in [3.05, 3.63) is 0 Å². The van der Waals surface area contributed by atoms with E-state index in [2.05, 4.69) is 0 Å². The van der Waals surface area contributed by atoms with Crippen LogP contribution in [0.15, 0.2) is 0 Å². The lowest BCUT2D eigenvalue weighted by Crippen LogP contribution is -2.50. The van der Waals surface area contributed by atoms with Gasteiger partial charge in [0.15, 0.2) is 5.60 Å². The summed E-state index contributed by atoms with van der Waals surface area (Å²) in [6.07, 6.45) is 0.354. The van der Waals surface area contributed by atoms with Crippen molar-refractivity contribution >= 4 is 11.9 Å². The summed E-state index contributed by atoms with van der Waals surface area (Å²) < 4.78 is 4.88. The molecule has 2 atom stereocenters. The lowest BCUT2D eigenvalue weighted by atomic mass is 9.83. The van der Waals surface area contributed by atoms with Gasteiger partial charge >= 0.3 is 11.9 Å². The molecule has 82 valence electrons. The Morgan fingerprint density at radius 3 is 1.93 bits per heavy atom. The summed E-state index contributed by atoms with van der Waals surface area (Å²) in [6, 6.07) is 0. The smallest absolute Gasteiger partial charge is 0.336 e. The number of hydrogen-bond acceptors (Lipinski definition) is 3. The van der Waals surface area contributed by atoms with E-state index in [1.165, 1.54) is 7.11 Å². The Bertz CT molecular complexity index is 219. The van der Waals surface area contributed by atoms with Gasteiger partial charge in [-0.05, 0) is 12.8 Å². The fraction of sp³-hybridized carbons (Fsp3) is 0.778. The van der Waals surface area contributed by atoms with Crippen molar-refractivity contribution in [2.24, 2.45) is 5.92 Å². The molecule has 0 aromatic heterocycles. The minimum atomic E-state index is -1.61. The lowest BCUT2D eigenvalue weighted by molar-refractivity contribution is -0.179. The second kappa shape index (κ2) is 4.95. The molecule has 2 unspecified atom stereocenters. The zero-order valence-electron chi connectivity index (χ0n) is 8.61. The van der Waals surface area contributed by atoms with Gasteiger partial charge in [-0.1, -0.05) is 13.8 Å². The number of methoxy groups -OCH3 is 1. The van der Waals surface area contributed by atoms with Crippen molar-refractivity contribution in [2.75, 3.05) is 7.11 Å². The van der Waals surface area contributed by atoms with Gasteiger partial charge in [0.25, 0.3) is 0 Å². The largest absolute Gasteiger partial charge is 0.481 e. The van der Waals surface area contributed by atoms with Gasteiger partial charge in [-0.25, -0.2) is 4.79 Å². The summed E-state index contributed by atoms with van der Waals surface area (Å²) in [7, 11) is 1.23. The maximum atomic E-state index is 11.0. The number of aliphatic carboxylic acids is 2. The monoisotopic (exact) mass is 204 g/mol. The quantitative estimate of drug-likeness (QED) is 0.673. The van der Waals surface area contributed by atoms with Crippen molar-refractivity contribution in [2.45, 2.75) is 32.3 Å². The van der Waals surface area contributed by atoms with E-state index >= 15 is 0 Å². The molecule has 5 heteroatoms. The average Bonchev–Trinajstić information content (AvgIpc) is 2.12. The molecule has 0 rings (SSSR count). The van der Waals surface area contributed by atoms with Crippen molar-refractivity contribution < 1.29 is 24.5 Å². The molecule has 14 heavy (non-hydrogen) atoms. The van der Waals surface area contributed by atoms with Crippen LogP contribution in [-0.4, -0.2) is 34.9 Å². The number of carbonyl (C=O) groups is 2. The predicted octanol–water partition coefficient (Wildman–Crippen LogP) is 0.977. The van der Waals surface area contributed by atoms with Crippen molar-refractivity contribution in [1.82, 2.24) is 0 Å². The number of carboxylic acids is 2. The van der Waals surface area contributed by atoms with Gasteiger partial charge in [-0.2, -0.15) is 0 Å². The van der Waals surface area contributed by atoms with Crippen molar-refractivity contribution in [3.63, 3.8) is 0 Å². The van der Waals surface area contributed by atoms with E-state index in [9.17, 15) is 9.59 Å². The second-order valence-electron chi connectivity index (χ2n) is 3.05. The maximum absolute atomic E-state index is 11.0. The number of rotatable bonds is 6. The SMILES string of the molecule is CCC(C(=O)O)C(CC)(OC)C(=O)O. The Balaban J connectivity index is 5.13. The average molecular weight is 204 g/mol. The van der Waals surface area contributed by atoms with E-state index in [0.29, 0.717) is 0 Å². The van der Waals surface area contributed by atoms with Crippen LogP contribution in [0.5, 0.6) is 0 Å². The van der Waals surface area contributed by atoms with Crippen LogP contribution in [0, 0.1) is 5.92 Å². The van der Waals surface area contributed by atoms with E-state index < -0.39 is 23.5 Å². The van der Waals surface area contributed by atoms with Crippen LogP contribution in [0.1, 0.15) is 26.7 Å². The molecule has 0 aromatic carbocycles. The Morgan fingerprint density at radius 2 is 1.86 bits per heavy atom. The molecule has 0 heterocycles. The summed E-state index contributed by atoms with van der Waals surface area (Å²) in [4.78, 5) is 21.9. The highest BCUT2D eigenvalue weighted by atomic mass is 16.5. The third-order valence-corrected chi connectivity index (χ3v) is 2.52. The topological polar surface area (TPSA) is 83.8 Å². The summed E-state index contributed by atoms with van der Waals surface area (Å²) in [6.45, 7) is 3.23. The van der Waals surface area contributed by atoms with Crippen LogP contribution in [0.3, 0.4) is 0 Å². The minimum absolute atomic E-state index is 0.129. The Kier molecular flexibility index (Phi) is 4.56. The second-order valence-corrected chi connectivity index (χ2v) is 3.05. The Labute approximate surface area is 82.7 Å². The fourth-order valence-corrected chi connectivity index (χ4v) is 1.62. The molecule has 0 spiro atoms. The number of carboxylic acid groups (broad SMARTS) is 2. The van der Waals surface area contributed by atoms with Gasteiger partial charge in [-0.3, -0.25) is 4.79 Å². The minimum Gasteiger partial charge on any atom is -0.481 e. The van der Waals surface area contributed by atoms with Crippen LogP contribution < -0.4 is 0 Å². The molecule has 2 N–H and O–H groups in total. The van der Waals surface area contributed by atoms with Gasteiger partial charge < -0.3 is 14.9 Å². The highest BCUT2D eigenvalue weighted by Gasteiger charge is 2.47. The molecule has 0 saturated heterocycles. The van der Waals surface area contributed by atoms with Gasteiger partial charge in [0, 0.05) is 7.11 Å². The number of ether oxygens (including phenoxy) is 1. The highest BCUT2D eigenvalue weighted by molar-refractivity contribution is 5.85. The van der Waals surface area contributed by atoms with Gasteiger partial charge in [0.05, 0.1) is 5.92 Å². The zero-order valence-corrected chi connectivity index (χ0v) is 8.61. The van der Waals surface area contributed by atoms with Crippen LogP contribution in [0.2, 0.25) is 0 Å².